The minimum absolute atomic E-state index is 0.0718. The van der Waals surface area contributed by atoms with Crippen LogP contribution in [0.3, 0.4) is 0 Å². The van der Waals surface area contributed by atoms with Crippen molar-refractivity contribution >= 4 is 15.7 Å². The van der Waals surface area contributed by atoms with Crippen LogP contribution in [-0.2, 0) is 21.2 Å². The van der Waals surface area contributed by atoms with Crippen molar-refractivity contribution in [1.82, 2.24) is 0 Å². The lowest BCUT2D eigenvalue weighted by Crippen LogP contribution is -2.15. The van der Waals surface area contributed by atoms with Crippen LogP contribution in [0.25, 0.3) is 0 Å². The van der Waals surface area contributed by atoms with E-state index in [0.29, 0.717) is 18.6 Å². The molecule has 17 heavy (non-hydrogen) atoms. The lowest BCUT2D eigenvalue weighted by Gasteiger charge is -2.05. The van der Waals surface area contributed by atoms with Gasteiger partial charge in [-0.1, -0.05) is 0 Å². The van der Waals surface area contributed by atoms with E-state index in [4.69, 9.17) is 9.88 Å². The zero-order valence-corrected chi connectivity index (χ0v) is 9.51. The first-order valence-corrected chi connectivity index (χ1v) is 6.34. The van der Waals surface area contributed by atoms with Gasteiger partial charge in [-0.05, 0) is 11.6 Å². The molecule has 1 aliphatic heterocycles. The van der Waals surface area contributed by atoms with Crippen molar-refractivity contribution < 1.29 is 18.1 Å². The Balaban J connectivity index is 2.47. The van der Waals surface area contributed by atoms with Gasteiger partial charge in [0.1, 0.15) is 0 Å². The number of nitro benzene ring substituents is 1. The fourth-order valence-electron chi connectivity index (χ4n) is 1.55. The number of rotatable bonds is 4. The zero-order chi connectivity index (χ0) is 12.6. The Labute approximate surface area is 97.4 Å². The van der Waals surface area contributed by atoms with E-state index in [0.717, 1.165) is 12.1 Å². The number of non-ortho nitro benzene ring substituents is 1. The van der Waals surface area contributed by atoms with E-state index in [1.165, 1.54) is 6.07 Å². The Morgan fingerprint density at radius 1 is 1.53 bits per heavy atom. The molecule has 0 amide bonds. The molecule has 0 bridgehead atoms. The molecule has 1 heterocycles. The van der Waals surface area contributed by atoms with Crippen molar-refractivity contribution in [2.24, 2.45) is 5.14 Å². The van der Waals surface area contributed by atoms with Crippen LogP contribution in [0.1, 0.15) is 5.56 Å². The third-order valence-electron chi connectivity index (χ3n) is 2.41. The Morgan fingerprint density at radius 2 is 2.18 bits per heavy atom. The first-order chi connectivity index (χ1) is 7.88. The van der Waals surface area contributed by atoms with Crippen LogP contribution in [0.15, 0.2) is 23.1 Å². The van der Waals surface area contributed by atoms with Crippen molar-refractivity contribution in [2.75, 3.05) is 6.61 Å². The summed E-state index contributed by atoms with van der Waals surface area (Å²) < 4.78 is 27.6. The monoisotopic (exact) mass is 258 g/mol. The van der Waals surface area contributed by atoms with E-state index >= 15 is 0 Å². The van der Waals surface area contributed by atoms with Gasteiger partial charge in [0.15, 0.2) is 0 Å². The Bertz CT molecular complexity index is 565. The fourth-order valence-corrected chi connectivity index (χ4v) is 2.31. The third kappa shape index (κ3) is 2.78. The fraction of sp³-hybridized carbons (Fsp3) is 0.333. The molecule has 7 nitrogen and oxygen atoms in total. The summed E-state index contributed by atoms with van der Waals surface area (Å²) >= 11 is 0. The predicted molar refractivity (Wildman–Crippen MR) is 57.9 cm³/mol. The average Bonchev–Trinajstić information content (AvgIpc) is 2.99. The first kappa shape index (κ1) is 12.0. The summed E-state index contributed by atoms with van der Waals surface area (Å²) in [5.74, 6) is 0. The molecule has 1 aromatic carbocycles. The molecule has 1 atom stereocenters. The second kappa shape index (κ2) is 4.06. The normalized spacial score (nSPS) is 19.0. The molecule has 0 saturated carbocycles. The van der Waals surface area contributed by atoms with Crippen LogP contribution < -0.4 is 5.14 Å². The van der Waals surface area contributed by atoms with Gasteiger partial charge in [0.2, 0.25) is 10.0 Å². The van der Waals surface area contributed by atoms with Gasteiger partial charge in [-0.25, -0.2) is 13.6 Å². The van der Waals surface area contributed by atoms with Crippen LogP contribution in [0.5, 0.6) is 0 Å². The highest BCUT2D eigenvalue weighted by molar-refractivity contribution is 7.89. The van der Waals surface area contributed by atoms with Gasteiger partial charge in [0.05, 0.1) is 22.5 Å². The second-order valence-corrected chi connectivity index (χ2v) is 5.28. The van der Waals surface area contributed by atoms with Crippen LogP contribution in [0.4, 0.5) is 5.69 Å². The molecule has 1 aliphatic rings. The molecule has 92 valence electrons. The molecule has 0 aromatic heterocycles. The molecule has 1 unspecified atom stereocenters. The lowest BCUT2D eigenvalue weighted by atomic mass is 10.1. The standard InChI is InChI=1S/C9H10N2O5S/c10-17(14,15)9-2-1-7(11(12)13)3-6(9)4-8-5-16-8/h1-3,8H,4-5H2,(H2,10,14,15). The number of nitrogens with zero attached hydrogens (tertiary/aromatic N) is 1. The molecule has 1 aromatic rings. The number of nitrogens with two attached hydrogens (primary N) is 1. The number of sulfonamides is 1. The average molecular weight is 258 g/mol. The minimum Gasteiger partial charge on any atom is -0.373 e. The predicted octanol–water partition coefficient (Wildman–Crippen LogP) is 0.183. The van der Waals surface area contributed by atoms with Crippen LogP contribution >= 0.6 is 0 Å². The number of ether oxygens (including phenoxy) is 1. The summed E-state index contributed by atoms with van der Waals surface area (Å²) in [5.41, 5.74) is 0.164. The molecule has 0 radical (unpaired) electrons. The number of hydrogen-bond donors (Lipinski definition) is 1. The van der Waals surface area contributed by atoms with E-state index in [1.54, 1.807) is 0 Å². The van der Waals surface area contributed by atoms with Gasteiger partial charge in [-0.15, -0.1) is 0 Å². The molecule has 0 aliphatic carbocycles. The molecular weight excluding hydrogens is 248 g/mol. The molecule has 1 fully saturated rings. The van der Waals surface area contributed by atoms with Crippen molar-refractivity contribution in [3.8, 4) is 0 Å². The summed E-state index contributed by atoms with van der Waals surface area (Å²) in [6, 6.07) is 3.50. The molecule has 2 rings (SSSR count). The van der Waals surface area contributed by atoms with Gasteiger partial charge in [-0.2, -0.15) is 0 Å². The number of benzene rings is 1. The van der Waals surface area contributed by atoms with Gasteiger partial charge < -0.3 is 4.74 Å². The van der Waals surface area contributed by atoms with Gasteiger partial charge in [0, 0.05) is 18.6 Å². The Kier molecular flexibility index (Phi) is 2.86. The maximum Gasteiger partial charge on any atom is 0.269 e. The largest absolute Gasteiger partial charge is 0.373 e. The van der Waals surface area contributed by atoms with E-state index in [-0.39, 0.29) is 16.7 Å². The summed E-state index contributed by atoms with van der Waals surface area (Å²) in [6.07, 6.45) is 0.241. The van der Waals surface area contributed by atoms with Gasteiger partial charge >= 0.3 is 0 Å². The molecule has 0 spiro atoms. The molecule has 8 heteroatoms. The molecular formula is C9H10N2O5S. The summed E-state index contributed by atoms with van der Waals surface area (Å²) in [5, 5.41) is 15.7. The van der Waals surface area contributed by atoms with E-state index in [1.807, 2.05) is 0 Å². The van der Waals surface area contributed by atoms with E-state index in [9.17, 15) is 18.5 Å². The lowest BCUT2D eigenvalue weighted by molar-refractivity contribution is -0.385. The summed E-state index contributed by atoms with van der Waals surface area (Å²) in [6.45, 7) is 0.534. The summed E-state index contributed by atoms with van der Waals surface area (Å²) in [7, 11) is -3.87. The highest BCUT2D eigenvalue weighted by Crippen LogP contribution is 2.25. The highest BCUT2D eigenvalue weighted by atomic mass is 32.2. The molecule has 2 N–H and O–H groups in total. The second-order valence-electron chi connectivity index (χ2n) is 3.75. The Morgan fingerprint density at radius 3 is 2.65 bits per heavy atom. The smallest absolute Gasteiger partial charge is 0.269 e. The van der Waals surface area contributed by atoms with Crippen LogP contribution in [0.2, 0.25) is 0 Å². The maximum atomic E-state index is 11.3. The van der Waals surface area contributed by atoms with Crippen molar-refractivity contribution in [1.29, 1.82) is 0 Å². The maximum absolute atomic E-state index is 11.3. The van der Waals surface area contributed by atoms with Gasteiger partial charge in [0.25, 0.3) is 5.69 Å². The van der Waals surface area contributed by atoms with Crippen LogP contribution in [-0.4, -0.2) is 26.1 Å². The van der Waals surface area contributed by atoms with E-state index in [2.05, 4.69) is 0 Å². The minimum atomic E-state index is -3.87. The number of primary sulfonamides is 1. The van der Waals surface area contributed by atoms with Crippen molar-refractivity contribution in [2.45, 2.75) is 17.4 Å². The van der Waals surface area contributed by atoms with Crippen molar-refractivity contribution in [3.63, 3.8) is 0 Å². The number of hydrogen-bond acceptors (Lipinski definition) is 5. The topological polar surface area (TPSA) is 116 Å². The number of epoxide rings is 1. The summed E-state index contributed by atoms with van der Waals surface area (Å²) in [4.78, 5) is 9.95. The Hall–Kier alpha value is -1.51. The van der Waals surface area contributed by atoms with Gasteiger partial charge in [-0.3, -0.25) is 10.1 Å². The first-order valence-electron chi connectivity index (χ1n) is 4.79. The quantitative estimate of drug-likeness (QED) is 0.470. The zero-order valence-electron chi connectivity index (χ0n) is 8.70. The highest BCUT2D eigenvalue weighted by Gasteiger charge is 2.27. The van der Waals surface area contributed by atoms with Crippen molar-refractivity contribution in [3.05, 3.63) is 33.9 Å². The number of nitro groups is 1. The third-order valence-corrected chi connectivity index (χ3v) is 3.42. The van der Waals surface area contributed by atoms with Crippen LogP contribution in [0, 0.1) is 10.1 Å². The SMILES string of the molecule is NS(=O)(=O)c1ccc([N+](=O)[O-])cc1CC1CO1. The van der Waals surface area contributed by atoms with E-state index < -0.39 is 14.9 Å². The molecule has 1 saturated heterocycles.